The predicted octanol–water partition coefficient (Wildman–Crippen LogP) is 1.64. The summed E-state index contributed by atoms with van der Waals surface area (Å²) in [6.45, 7) is -0.884. The van der Waals surface area contributed by atoms with Gasteiger partial charge in [-0.05, 0) is 41.5 Å². The number of rotatable bonds is 10. The van der Waals surface area contributed by atoms with E-state index in [1.807, 2.05) is 24.3 Å². The Morgan fingerprint density at radius 3 is 2.40 bits per heavy atom. The van der Waals surface area contributed by atoms with Crippen LogP contribution in [0, 0.1) is 0 Å². The summed E-state index contributed by atoms with van der Waals surface area (Å²) in [5, 5.41) is 24.3. The summed E-state index contributed by atoms with van der Waals surface area (Å²) in [6.07, 6.45) is -2.74. The minimum Gasteiger partial charge on any atom is -0.778 e. The fraction of sp³-hybridized carbons (Fsp3) is 0.320. The molecule has 3 aliphatic heterocycles. The number of phosphoric acid groups is 1. The molecule has 0 aliphatic carbocycles. The molecule has 14 nitrogen and oxygen atoms in total. The zero-order chi connectivity index (χ0) is 30.2. The fourth-order valence-electron chi connectivity index (χ4n) is 4.57. The van der Waals surface area contributed by atoms with Crippen LogP contribution in [0.1, 0.15) is 11.1 Å². The van der Waals surface area contributed by atoms with Crippen molar-refractivity contribution in [3.05, 3.63) is 82.6 Å². The van der Waals surface area contributed by atoms with Crippen LogP contribution in [0.4, 0.5) is 4.79 Å². The van der Waals surface area contributed by atoms with E-state index in [9.17, 15) is 33.9 Å². The number of hydrogen-bond acceptors (Lipinski definition) is 12. The lowest BCUT2D eigenvalue weighted by molar-refractivity contribution is -0.234. The fourth-order valence-corrected chi connectivity index (χ4v) is 7.46. The van der Waals surface area contributed by atoms with Crippen molar-refractivity contribution in [3.63, 3.8) is 0 Å². The third-order valence-corrected chi connectivity index (χ3v) is 10.2. The second-order valence-electron chi connectivity index (χ2n) is 9.57. The van der Waals surface area contributed by atoms with Gasteiger partial charge in [0.1, 0.15) is 37.8 Å². The van der Waals surface area contributed by atoms with Crippen LogP contribution in [0.25, 0.3) is 5.70 Å². The highest BCUT2D eigenvalue weighted by Crippen LogP contribution is 2.56. The molecule has 7 atom stereocenters. The molecule has 0 radical (unpaired) electrons. The van der Waals surface area contributed by atoms with E-state index >= 15 is 0 Å². The monoisotopic (exact) mass is 685 g/mol. The number of aliphatic hydroxyl groups excluding tert-OH is 2. The Hall–Kier alpha value is -2.55. The molecule has 226 valence electrons. The van der Waals surface area contributed by atoms with Crippen LogP contribution in [0.3, 0.4) is 0 Å². The molecule has 4 unspecified atom stereocenters. The summed E-state index contributed by atoms with van der Waals surface area (Å²) in [5.74, 6) is 0.481. The smallest absolute Gasteiger partial charge is 0.332 e. The van der Waals surface area contributed by atoms with Gasteiger partial charge < -0.3 is 43.9 Å². The summed E-state index contributed by atoms with van der Waals surface area (Å²) < 4.78 is 45.1. The summed E-state index contributed by atoms with van der Waals surface area (Å²) >= 11 is 3.38. The maximum atomic E-state index is 13.3. The second kappa shape index (κ2) is 12.2. The van der Waals surface area contributed by atoms with Crippen LogP contribution in [0.5, 0.6) is 5.75 Å². The molecular weight excluding hydrogens is 660 g/mol. The van der Waals surface area contributed by atoms with Crippen LogP contribution in [-0.4, -0.2) is 70.5 Å². The zero-order valence-electron chi connectivity index (χ0n) is 21.9. The van der Waals surface area contributed by atoms with E-state index in [2.05, 4.69) is 30.1 Å². The lowest BCUT2D eigenvalue weighted by Gasteiger charge is -2.35. The maximum absolute atomic E-state index is 13.3. The lowest BCUT2D eigenvalue weighted by Crippen LogP contribution is -2.54. The number of benzene rings is 2. The first-order chi connectivity index (χ1) is 19.9. The topological polar surface area (TPSA) is 193 Å². The molecule has 3 N–H and O–H groups in total. The number of halogens is 1. The van der Waals surface area contributed by atoms with E-state index in [0.29, 0.717) is 11.4 Å². The van der Waals surface area contributed by atoms with Crippen molar-refractivity contribution in [2.75, 3.05) is 13.7 Å². The van der Waals surface area contributed by atoms with E-state index in [1.165, 1.54) is 42.5 Å². The average molecular weight is 686 g/mol. The minimum absolute atomic E-state index is 0.253. The Bertz CT molecular complexity index is 1470. The average Bonchev–Trinajstić information content (AvgIpc) is 3.50. The highest BCUT2D eigenvalue weighted by Gasteiger charge is 2.49. The van der Waals surface area contributed by atoms with Crippen LogP contribution in [0.2, 0.25) is 0 Å². The number of nitrogens with one attached hydrogen (secondary N) is 1. The van der Waals surface area contributed by atoms with Crippen molar-refractivity contribution in [2.24, 2.45) is 0 Å². The number of carbonyl (C=O) groups excluding carboxylic acids is 1. The van der Waals surface area contributed by atoms with Gasteiger partial charge in [0.25, 0.3) is 7.82 Å². The van der Waals surface area contributed by atoms with Gasteiger partial charge in [-0.2, -0.15) is 0 Å². The number of hydrogen-bond donors (Lipinski definition) is 3. The van der Waals surface area contributed by atoms with E-state index in [4.69, 9.17) is 9.47 Å². The number of methoxy groups -OCH3 is 1. The third kappa shape index (κ3) is 6.81. The van der Waals surface area contributed by atoms with Gasteiger partial charge in [0.15, 0.2) is 6.23 Å². The Morgan fingerprint density at radius 2 is 1.74 bits per heavy atom. The highest BCUT2D eigenvalue weighted by atomic mass is 79.9. The number of urea groups is 1. The normalized spacial score (nSPS) is 28.1. The molecule has 5 rings (SSSR count). The molecular formula is C25H26BrN3O11P2-2. The van der Waals surface area contributed by atoms with Crippen LogP contribution >= 0.6 is 31.3 Å². The Balaban J connectivity index is 1.19. The predicted molar refractivity (Wildman–Crippen MR) is 147 cm³/mol. The SMILES string of the molecule is COc1ccc(CP(=O)([O-])OP(=O)([O-])OC[C@H]2O[C@@H](N3C=CC4NC(c5ccc(Br)cc5)=CN4C3=O)C(O)[C@H]2O)cc1. The van der Waals surface area contributed by atoms with Crippen molar-refractivity contribution in [3.8, 4) is 5.75 Å². The van der Waals surface area contributed by atoms with Gasteiger partial charge in [0.2, 0.25) is 0 Å². The maximum Gasteiger partial charge on any atom is 0.332 e. The number of nitrogens with zero attached hydrogens (tertiary/aromatic N) is 2. The Morgan fingerprint density at radius 1 is 1.05 bits per heavy atom. The quantitative estimate of drug-likeness (QED) is 0.307. The van der Waals surface area contributed by atoms with Gasteiger partial charge in [-0.1, -0.05) is 40.2 Å². The summed E-state index contributed by atoms with van der Waals surface area (Å²) in [5.41, 5.74) is 1.77. The number of ether oxygens (including phenoxy) is 2. The van der Waals surface area contributed by atoms with Gasteiger partial charge in [0.05, 0.1) is 19.4 Å². The van der Waals surface area contributed by atoms with E-state index in [-0.39, 0.29) is 5.56 Å². The summed E-state index contributed by atoms with van der Waals surface area (Å²) in [7, 11) is -8.95. The second-order valence-corrected chi connectivity index (χ2v) is 13.8. The molecule has 2 amide bonds. The summed E-state index contributed by atoms with van der Waals surface area (Å²) in [6, 6.07) is 12.7. The molecule has 0 bridgehead atoms. The molecule has 1 fully saturated rings. The number of aliphatic hydroxyl groups is 2. The largest absolute Gasteiger partial charge is 0.778 e. The van der Waals surface area contributed by atoms with E-state index in [1.54, 1.807) is 12.3 Å². The highest BCUT2D eigenvalue weighted by molar-refractivity contribution is 9.10. The number of amides is 2. The van der Waals surface area contributed by atoms with Crippen molar-refractivity contribution in [1.82, 2.24) is 15.1 Å². The molecule has 3 heterocycles. The molecule has 42 heavy (non-hydrogen) atoms. The van der Waals surface area contributed by atoms with Crippen molar-refractivity contribution in [2.45, 2.75) is 36.9 Å². The van der Waals surface area contributed by atoms with Crippen LogP contribution in [-0.2, 0) is 28.9 Å². The molecule has 0 aromatic heterocycles. The van der Waals surface area contributed by atoms with Gasteiger partial charge in [-0.25, -0.2) is 4.79 Å². The van der Waals surface area contributed by atoms with Crippen molar-refractivity contribution < 1.29 is 52.2 Å². The molecule has 2 aromatic carbocycles. The van der Waals surface area contributed by atoms with Crippen LogP contribution < -0.4 is 19.8 Å². The van der Waals surface area contributed by atoms with Gasteiger partial charge in [-0.3, -0.25) is 18.7 Å². The first-order valence-corrected chi connectivity index (χ1v) is 16.5. The zero-order valence-corrected chi connectivity index (χ0v) is 25.3. The van der Waals surface area contributed by atoms with E-state index < -0.39 is 64.9 Å². The lowest BCUT2D eigenvalue weighted by atomic mass is 10.1. The van der Waals surface area contributed by atoms with E-state index in [0.717, 1.165) is 14.9 Å². The van der Waals surface area contributed by atoms with Crippen LogP contribution in [0.15, 0.2) is 71.5 Å². The molecule has 1 saturated heterocycles. The molecule has 0 spiro atoms. The van der Waals surface area contributed by atoms with Gasteiger partial charge >= 0.3 is 6.03 Å². The molecule has 2 aromatic rings. The first-order valence-electron chi connectivity index (χ1n) is 12.5. The van der Waals surface area contributed by atoms with Crippen molar-refractivity contribution >= 4 is 43.1 Å². The molecule has 0 saturated carbocycles. The minimum atomic E-state index is -5.43. The number of phosphoric ester groups is 1. The first kappa shape index (κ1) is 30.9. The molecule has 3 aliphatic rings. The Kier molecular flexibility index (Phi) is 8.98. The number of carbonyl (C=O) groups is 1. The standard InChI is InChI=1S/C25H28BrN3O11P2/c1-37-18-8-2-15(3-9-18)14-41(33,34)40-42(35,36)38-13-20-22(30)23(31)24(39-20)28-11-10-21-27-19(12-29(21)25(28)32)16-4-6-17(26)7-5-16/h2-12,20-24,27,30-31H,13-14H2,1H3,(H,33,34)(H,35,36)/p-2/t20-,21?,22+,23?,24-/m1/s1. The number of fused-ring (bicyclic) bond motifs is 1. The molecule has 17 heteroatoms. The van der Waals surface area contributed by atoms with Gasteiger partial charge in [0, 0.05) is 23.0 Å². The summed E-state index contributed by atoms with van der Waals surface area (Å²) in [4.78, 5) is 40.3. The third-order valence-electron chi connectivity index (χ3n) is 6.67. The van der Waals surface area contributed by atoms with Gasteiger partial charge in [-0.15, -0.1) is 0 Å². The van der Waals surface area contributed by atoms with Crippen molar-refractivity contribution in [1.29, 1.82) is 0 Å². The Labute approximate surface area is 249 Å².